The molecule has 2 heterocycles. The standard InChI is InChI=1S/C36H31Cl2N5O5S/c1-23(2)48-36(45)39-29-5-3-4-27(18-29)26-11-6-24(7-12-26)10-17-34-40-33(31-16-13-28(37)19-32(31)38)21-42(34)20-25-8-14-30(15-9-25)43-22-35(44)41-49(43,46)47/h3-19,21-23,41,44H,20H2,1-2H3,(H,39,45). The van der Waals surface area contributed by atoms with Crippen LogP contribution in [0.1, 0.15) is 30.8 Å². The number of imidazole rings is 1. The van der Waals surface area contributed by atoms with Crippen LogP contribution in [0.3, 0.4) is 0 Å². The molecule has 0 fully saturated rings. The van der Waals surface area contributed by atoms with Crippen LogP contribution in [0.25, 0.3) is 34.5 Å². The maximum absolute atomic E-state index is 12.3. The lowest BCUT2D eigenvalue weighted by Crippen LogP contribution is -2.29. The number of amides is 1. The monoisotopic (exact) mass is 715 g/mol. The Hall–Kier alpha value is -5.23. The fourth-order valence-electron chi connectivity index (χ4n) is 5.16. The van der Waals surface area contributed by atoms with E-state index in [1.54, 1.807) is 38.1 Å². The van der Waals surface area contributed by atoms with Crippen LogP contribution in [-0.4, -0.2) is 35.3 Å². The van der Waals surface area contributed by atoms with Gasteiger partial charge in [0.1, 0.15) is 5.82 Å². The predicted molar refractivity (Wildman–Crippen MR) is 195 cm³/mol. The number of rotatable bonds is 9. The Kier molecular flexibility index (Phi) is 9.68. The summed E-state index contributed by atoms with van der Waals surface area (Å²) in [5, 5.41) is 13.4. The van der Waals surface area contributed by atoms with Crippen molar-refractivity contribution in [2.75, 3.05) is 9.62 Å². The van der Waals surface area contributed by atoms with Gasteiger partial charge < -0.3 is 14.4 Å². The van der Waals surface area contributed by atoms with Gasteiger partial charge in [-0.15, -0.1) is 0 Å². The summed E-state index contributed by atoms with van der Waals surface area (Å²) in [7, 11) is -3.89. The van der Waals surface area contributed by atoms with Crippen molar-refractivity contribution in [2.45, 2.75) is 26.5 Å². The molecule has 250 valence electrons. The summed E-state index contributed by atoms with van der Waals surface area (Å²) in [5.74, 6) is 0.217. The minimum absolute atomic E-state index is 0.217. The zero-order valence-corrected chi connectivity index (χ0v) is 28.7. The van der Waals surface area contributed by atoms with Gasteiger partial charge in [0.25, 0.3) is 0 Å². The largest absolute Gasteiger partial charge is 0.493 e. The molecule has 0 saturated carbocycles. The Morgan fingerprint density at radius 2 is 1.73 bits per heavy atom. The number of carbonyl (C=O) groups excluding carboxylic acids is 1. The Morgan fingerprint density at radius 1 is 0.980 bits per heavy atom. The van der Waals surface area contributed by atoms with Gasteiger partial charge in [0, 0.05) is 29.0 Å². The second-order valence-electron chi connectivity index (χ2n) is 11.4. The number of hydrogen-bond acceptors (Lipinski definition) is 6. The molecule has 4 aromatic carbocycles. The van der Waals surface area contributed by atoms with E-state index in [1.807, 2.05) is 94.4 Å². The lowest BCUT2D eigenvalue weighted by Gasteiger charge is -2.14. The summed E-state index contributed by atoms with van der Waals surface area (Å²) in [6.07, 6.45) is 6.17. The highest BCUT2D eigenvalue weighted by atomic mass is 35.5. The molecule has 0 bridgehead atoms. The van der Waals surface area contributed by atoms with E-state index >= 15 is 0 Å². The zero-order chi connectivity index (χ0) is 34.7. The number of nitrogens with zero attached hydrogens (tertiary/aromatic N) is 3. The first kappa shape index (κ1) is 33.7. The topological polar surface area (TPSA) is 126 Å². The maximum Gasteiger partial charge on any atom is 0.411 e. The molecule has 6 rings (SSSR count). The van der Waals surface area contributed by atoms with Gasteiger partial charge in [0.2, 0.25) is 5.88 Å². The van der Waals surface area contributed by atoms with E-state index in [9.17, 15) is 18.3 Å². The first-order chi connectivity index (χ1) is 23.4. The Morgan fingerprint density at radius 3 is 2.41 bits per heavy atom. The first-order valence-electron chi connectivity index (χ1n) is 15.1. The molecule has 0 aliphatic carbocycles. The smallest absolute Gasteiger partial charge is 0.411 e. The number of nitrogens with one attached hydrogen (secondary N) is 2. The molecular formula is C36H31Cl2N5O5S. The molecule has 1 aliphatic rings. The van der Waals surface area contributed by atoms with Gasteiger partial charge in [0.05, 0.1) is 28.7 Å². The van der Waals surface area contributed by atoms with Crippen molar-refractivity contribution < 1.29 is 23.1 Å². The van der Waals surface area contributed by atoms with Crippen LogP contribution in [0.2, 0.25) is 10.0 Å². The molecule has 49 heavy (non-hydrogen) atoms. The fourth-order valence-corrected chi connectivity index (χ4v) is 6.72. The molecule has 5 aromatic rings. The summed E-state index contributed by atoms with van der Waals surface area (Å²) >= 11 is 12.7. The third-order valence-corrected chi connectivity index (χ3v) is 9.26. The highest BCUT2D eigenvalue weighted by Crippen LogP contribution is 2.31. The van der Waals surface area contributed by atoms with Gasteiger partial charge in [-0.3, -0.25) is 5.32 Å². The highest BCUT2D eigenvalue weighted by Gasteiger charge is 2.28. The fraction of sp³-hybridized carbons (Fsp3) is 0.111. The summed E-state index contributed by atoms with van der Waals surface area (Å²) in [6, 6.07) is 27.7. The molecule has 13 heteroatoms. The Bertz CT molecular complexity index is 2180. The Labute approximate surface area is 294 Å². The second kappa shape index (κ2) is 14.1. The molecule has 0 atom stereocenters. The Balaban J connectivity index is 1.24. The average Bonchev–Trinajstić information content (AvgIpc) is 3.57. The number of aliphatic hydroxyl groups excluding tert-OH is 1. The molecule has 1 aromatic heterocycles. The lowest BCUT2D eigenvalue weighted by molar-refractivity contribution is 0.130. The number of benzene rings is 4. The van der Waals surface area contributed by atoms with E-state index in [2.05, 4.69) is 5.32 Å². The first-order valence-corrected chi connectivity index (χ1v) is 17.3. The summed E-state index contributed by atoms with van der Waals surface area (Å²) in [4.78, 5) is 16.9. The lowest BCUT2D eigenvalue weighted by atomic mass is 10.0. The van der Waals surface area contributed by atoms with Crippen molar-refractivity contribution in [3.05, 3.63) is 136 Å². The minimum atomic E-state index is -3.89. The van der Waals surface area contributed by atoms with Crippen LogP contribution in [0.4, 0.5) is 16.2 Å². The van der Waals surface area contributed by atoms with Gasteiger partial charge in [-0.05, 0) is 84.6 Å². The molecule has 1 aliphatic heterocycles. The molecule has 1 amide bonds. The van der Waals surface area contributed by atoms with Crippen LogP contribution in [0.15, 0.2) is 109 Å². The molecular weight excluding hydrogens is 685 g/mol. The SMILES string of the molecule is CC(C)OC(=O)Nc1cccc(-c2ccc(C=Cc3nc(-c4ccc(Cl)cc4Cl)cn3Cc3ccc(N4C=C(O)NS4(=O)=O)cc3)cc2)c1. The van der Waals surface area contributed by atoms with Crippen molar-refractivity contribution in [1.82, 2.24) is 14.3 Å². The van der Waals surface area contributed by atoms with Crippen molar-refractivity contribution >= 4 is 63.0 Å². The van der Waals surface area contributed by atoms with Crippen LogP contribution in [0, 0.1) is 0 Å². The quantitative estimate of drug-likeness (QED) is 0.140. The summed E-state index contributed by atoms with van der Waals surface area (Å²) in [6.45, 7) is 4.02. The highest BCUT2D eigenvalue weighted by molar-refractivity contribution is 7.91. The van der Waals surface area contributed by atoms with E-state index in [0.29, 0.717) is 39.5 Å². The van der Waals surface area contributed by atoms with Crippen LogP contribution < -0.4 is 14.3 Å². The van der Waals surface area contributed by atoms with Gasteiger partial charge in [-0.2, -0.15) is 8.42 Å². The average molecular weight is 717 g/mol. The van der Waals surface area contributed by atoms with Crippen molar-refractivity contribution in [2.24, 2.45) is 0 Å². The summed E-state index contributed by atoms with van der Waals surface area (Å²) in [5.41, 5.74) is 6.15. The predicted octanol–water partition coefficient (Wildman–Crippen LogP) is 8.71. The molecule has 0 unspecified atom stereocenters. The maximum atomic E-state index is 12.3. The van der Waals surface area contributed by atoms with E-state index in [1.165, 1.54) is 0 Å². The minimum Gasteiger partial charge on any atom is -0.493 e. The second-order valence-corrected chi connectivity index (χ2v) is 13.8. The van der Waals surface area contributed by atoms with Crippen molar-refractivity contribution in [3.63, 3.8) is 0 Å². The molecule has 0 saturated heterocycles. The number of aromatic nitrogens is 2. The summed E-state index contributed by atoms with van der Waals surface area (Å²) < 4.78 is 34.7. The van der Waals surface area contributed by atoms with Gasteiger partial charge in [-0.25, -0.2) is 18.8 Å². The van der Waals surface area contributed by atoms with Crippen LogP contribution in [-0.2, 0) is 21.5 Å². The molecule has 0 spiro atoms. The molecule has 3 N–H and O–H groups in total. The number of hydrogen-bond donors (Lipinski definition) is 3. The zero-order valence-electron chi connectivity index (χ0n) is 26.3. The van der Waals surface area contributed by atoms with E-state index in [4.69, 9.17) is 32.9 Å². The van der Waals surface area contributed by atoms with E-state index < -0.39 is 22.2 Å². The number of aliphatic hydroxyl groups is 1. The third kappa shape index (κ3) is 8.09. The van der Waals surface area contributed by atoms with Crippen LogP contribution in [0.5, 0.6) is 0 Å². The number of halogens is 2. The number of ether oxygens (including phenoxy) is 1. The van der Waals surface area contributed by atoms with Crippen LogP contribution >= 0.6 is 23.2 Å². The third-order valence-electron chi connectivity index (χ3n) is 7.41. The number of anilines is 2. The van der Waals surface area contributed by atoms with Crippen molar-refractivity contribution in [1.29, 1.82) is 0 Å². The normalized spacial score (nSPS) is 13.8. The van der Waals surface area contributed by atoms with E-state index in [0.717, 1.165) is 38.3 Å². The van der Waals surface area contributed by atoms with Crippen molar-refractivity contribution in [3.8, 4) is 22.4 Å². The molecule has 0 radical (unpaired) electrons. The molecule has 10 nitrogen and oxygen atoms in total. The van der Waals surface area contributed by atoms with E-state index in [-0.39, 0.29) is 6.10 Å². The van der Waals surface area contributed by atoms with Gasteiger partial charge in [-0.1, -0.05) is 77.8 Å². The van der Waals surface area contributed by atoms with Gasteiger partial charge >= 0.3 is 16.3 Å². The number of carbonyl (C=O) groups is 1. The van der Waals surface area contributed by atoms with Gasteiger partial charge in [0.15, 0.2) is 0 Å².